The van der Waals surface area contributed by atoms with Crippen LogP contribution in [0.1, 0.15) is 32.6 Å². The number of piperidine rings is 1. The molecular weight excluding hydrogens is 198 g/mol. The molecule has 0 radical (unpaired) electrons. The average Bonchev–Trinajstić information content (AvgIpc) is 2.29. The molecule has 1 N–H and O–H groups in total. The quantitative estimate of drug-likeness (QED) is 0.663. The van der Waals surface area contributed by atoms with Crippen molar-refractivity contribution in [3.63, 3.8) is 0 Å². The molecule has 16 heavy (non-hydrogen) atoms. The fourth-order valence-corrected chi connectivity index (χ4v) is 2.42. The van der Waals surface area contributed by atoms with Crippen molar-refractivity contribution in [2.24, 2.45) is 0 Å². The molecule has 96 valence electrons. The van der Waals surface area contributed by atoms with Crippen molar-refractivity contribution in [3.8, 4) is 0 Å². The summed E-state index contributed by atoms with van der Waals surface area (Å²) in [6.07, 6.45) is 5.36. The Hall–Kier alpha value is -0.120. The van der Waals surface area contributed by atoms with Crippen LogP contribution in [0.4, 0.5) is 0 Å². The Morgan fingerprint density at radius 2 is 1.88 bits per heavy atom. The Morgan fingerprint density at radius 1 is 1.19 bits per heavy atom. The van der Waals surface area contributed by atoms with Crippen molar-refractivity contribution in [1.29, 1.82) is 0 Å². The predicted molar refractivity (Wildman–Crippen MR) is 70.9 cm³/mol. The van der Waals surface area contributed by atoms with Crippen LogP contribution in [0.3, 0.4) is 0 Å². The summed E-state index contributed by atoms with van der Waals surface area (Å²) >= 11 is 0. The van der Waals surface area contributed by atoms with Crippen molar-refractivity contribution in [1.82, 2.24) is 15.1 Å². The molecule has 0 aliphatic carbocycles. The zero-order valence-corrected chi connectivity index (χ0v) is 11.3. The van der Waals surface area contributed by atoms with Crippen molar-refractivity contribution in [3.05, 3.63) is 0 Å². The Balaban J connectivity index is 1.99. The maximum absolute atomic E-state index is 3.38. The molecule has 1 rings (SSSR count). The summed E-state index contributed by atoms with van der Waals surface area (Å²) in [5.74, 6) is 0. The number of nitrogens with one attached hydrogen (secondary N) is 1. The second-order valence-corrected chi connectivity index (χ2v) is 5.10. The summed E-state index contributed by atoms with van der Waals surface area (Å²) in [5, 5.41) is 3.38. The monoisotopic (exact) mass is 227 g/mol. The van der Waals surface area contributed by atoms with Gasteiger partial charge in [-0.2, -0.15) is 0 Å². The molecule has 0 aromatic heterocycles. The van der Waals surface area contributed by atoms with E-state index in [0.717, 1.165) is 12.6 Å². The molecule has 0 aromatic carbocycles. The van der Waals surface area contributed by atoms with Crippen LogP contribution >= 0.6 is 0 Å². The van der Waals surface area contributed by atoms with Gasteiger partial charge in [0.15, 0.2) is 0 Å². The number of hydrogen-bond donors (Lipinski definition) is 1. The molecule has 3 nitrogen and oxygen atoms in total. The van der Waals surface area contributed by atoms with Crippen molar-refractivity contribution < 1.29 is 0 Å². The molecule has 0 aromatic rings. The van der Waals surface area contributed by atoms with Crippen LogP contribution in [0.2, 0.25) is 0 Å². The third-order valence-electron chi connectivity index (χ3n) is 3.62. The lowest BCUT2D eigenvalue weighted by molar-refractivity contribution is 0.143. The summed E-state index contributed by atoms with van der Waals surface area (Å²) in [7, 11) is 4.41. The highest BCUT2D eigenvalue weighted by Gasteiger charge is 2.19. The second kappa shape index (κ2) is 8.04. The highest BCUT2D eigenvalue weighted by Crippen LogP contribution is 2.14. The lowest BCUT2D eigenvalue weighted by Crippen LogP contribution is -2.42. The number of likely N-dealkylation sites (tertiary alicyclic amines) is 1. The molecule has 1 fully saturated rings. The van der Waals surface area contributed by atoms with E-state index < -0.39 is 0 Å². The first-order valence-electron chi connectivity index (χ1n) is 6.83. The molecule has 1 heterocycles. The van der Waals surface area contributed by atoms with Gasteiger partial charge in [-0.1, -0.05) is 6.92 Å². The first-order valence-corrected chi connectivity index (χ1v) is 6.83. The topological polar surface area (TPSA) is 18.5 Å². The van der Waals surface area contributed by atoms with Gasteiger partial charge in [0.1, 0.15) is 0 Å². The van der Waals surface area contributed by atoms with E-state index in [2.05, 4.69) is 36.1 Å². The third-order valence-corrected chi connectivity index (χ3v) is 3.62. The smallest absolute Gasteiger partial charge is 0.0113 e. The van der Waals surface area contributed by atoms with Gasteiger partial charge in [0.25, 0.3) is 0 Å². The van der Waals surface area contributed by atoms with Crippen LogP contribution in [0.15, 0.2) is 0 Å². The molecule has 0 saturated carbocycles. The van der Waals surface area contributed by atoms with E-state index in [0.29, 0.717) is 0 Å². The number of hydrogen-bond acceptors (Lipinski definition) is 3. The van der Waals surface area contributed by atoms with E-state index in [1.165, 1.54) is 51.9 Å². The standard InChI is InChI=1S/C13H29N3/c1-4-14-9-5-6-10-16-11-7-13(8-12-16)15(2)3/h13-14H,4-12H2,1-3H3. The summed E-state index contributed by atoms with van der Waals surface area (Å²) in [6.45, 7) is 8.35. The van der Waals surface area contributed by atoms with Gasteiger partial charge < -0.3 is 15.1 Å². The van der Waals surface area contributed by atoms with E-state index >= 15 is 0 Å². The SMILES string of the molecule is CCNCCCCN1CCC(N(C)C)CC1. The van der Waals surface area contributed by atoms with Gasteiger partial charge >= 0.3 is 0 Å². The van der Waals surface area contributed by atoms with E-state index in [9.17, 15) is 0 Å². The van der Waals surface area contributed by atoms with Gasteiger partial charge in [-0.05, 0) is 72.5 Å². The molecule has 1 saturated heterocycles. The summed E-state index contributed by atoms with van der Waals surface area (Å²) in [4.78, 5) is 5.01. The Labute approximate surface area is 101 Å². The minimum absolute atomic E-state index is 0.818. The van der Waals surface area contributed by atoms with E-state index in [-0.39, 0.29) is 0 Å². The van der Waals surface area contributed by atoms with Gasteiger partial charge in [0.05, 0.1) is 0 Å². The van der Waals surface area contributed by atoms with Gasteiger partial charge in [-0.15, -0.1) is 0 Å². The maximum Gasteiger partial charge on any atom is 0.0113 e. The predicted octanol–water partition coefficient (Wildman–Crippen LogP) is 1.40. The molecule has 0 bridgehead atoms. The number of unbranched alkanes of at least 4 members (excludes halogenated alkanes) is 1. The lowest BCUT2D eigenvalue weighted by Gasteiger charge is -2.35. The van der Waals surface area contributed by atoms with Crippen LogP contribution in [-0.4, -0.2) is 62.7 Å². The normalized spacial score (nSPS) is 19.5. The van der Waals surface area contributed by atoms with Crippen LogP contribution in [0.5, 0.6) is 0 Å². The molecule has 0 spiro atoms. The highest BCUT2D eigenvalue weighted by molar-refractivity contribution is 4.76. The van der Waals surface area contributed by atoms with Crippen molar-refractivity contribution in [2.75, 3.05) is 46.8 Å². The Morgan fingerprint density at radius 3 is 2.44 bits per heavy atom. The molecule has 3 heteroatoms. The van der Waals surface area contributed by atoms with Gasteiger partial charge in [0, 0.05) is 6.04 Å². The molecular formula is C13H29N3. The largest absolute Gasteiger partial charge is 0.317 e. The maximum atomic E-state index is 3.38. The third kappa shape index (κ3) is 5.28. The highest BCUT2D eigenvalue weighted by atomic mass is 15.2. The van der Waals surface area contributed by atoms with Crippen LogP contribution < -0.4 is 5.32 Å². The molecule has 0 atom stereocenters. The molecule has 0 unspecified atom stereocenters. The fraction of sp³-hybridized carbons (Fsp3) is 1.00. The molecule has 0 amide bonds. The first kappa shape index (κ1) is 13.9. The van der Waals surface area contributed by atoms with Crippen LogP contribution in [0.25, 0.3) is 0 Å². The first-order chi connectivity index (χ1) is 7.74. The summed E-state index contributed by atoms with van der Waals surface area (Å²) in [6, 6.07) is 0.818. The van der Waals surface area contributed by atoms with E-state index in [1.807, 2.05) is 0 Å². The van der Waals surface area contributed by atoms with E-state index in [4.69, 9.17) is 0 Å². The molecule has 1 aliphatic heterocycles. The Bertz CT molecular complexity index is 163. The van der Waals surface area contributed by atoms with Gasteiger partial charge in [-0.25, -0.2) is 0 Å². The molecule has 1 aliphatic rings. The Kier molecular flexibility index (Phi) is 7.01. The fourth-order valence-electron chi connectivity index (χ4n) is 2.42. The van der Waals surface area contributed by atoms with Crippen molar-refractivity contribution in [2.45, 2.75) is 38.6 Å². The van der Waals surface area contributed by atoms with E-state index in [1.54, 1.807) is 0 Å². The number of nitrogens with zero attached hydrogens (tertiary/aromatic N) is 2. The number of rotatable bonds is 7. The van der Waals surface area contributed by atoms with Crippen LogP contribution in [0, 0.1) is 0 Å². The zero-order valence-electron chi connectivity index (χ0n) is 11.3. The summed E-state index contributed by atoms with van der Waals surface area (Å²) in [5.41, 5.74) is 0. The zero-order chi connectivity index (χ0) is 11.8. The lowest BCUT2D eigenvalue weighted by atomic mass is 10.0. The average molecular weight is 227 g/mol. The summed E-state index contributed by atoms with van der Waals surface area (Å²) < 4.78 is 0. The minimum Gasteiger partial charge on any atom is -0.317 e. The van der Waals surface area contributed by atoms with Gasteiger partial charge in [0.2, 0.25) is 0 Å². The van der Waals surface area contributed by atoms with Crippen molar-refractivity contribution >= 4 is 0 Å². The van der Waals surface area contributed by atoms with Crippen LogP contribution in [-0.2, 0) is 0 Å². The second-order valence-electron chi connectivity index (χ2n) is 5.10. The van der Waals surface area contributed by atoms with Gasteiger partial charge in [-0.3, -0.25) is 0 Å². The minimum atomic E-state index is 0.818.